The van der Waals surface area contributed by atoms with E-state index in [0.717, 1.165) is 6.08 Å². The molecule has 2 N–H and O–H groups in total. The molecule has 0 spiro atoms. The Morgan fingerprint density at radius 1 is 1.50 bits per heavy atom. The van der Waals surface area contributed by atoms with Gasteiger partial charge in [0, 0.05) is 0 Å². The maximum atomic E-state index is 11.4. The lowest BCUT2D eigenvalue weighted by atomic mass is 10.3. The Labute approximate surface area is 67.1 Å². The molecular formula is C6H9F3O3. The quantitative estimate of drug-likeness (QED) is 0.651. The molecule has 0 saturated carbocycles. The highest BCUT2D eigenvalue weighted by atomic mass is 19.3. The number of alkyl halides is 3. The molecule has 12 heavy (non-hydrogen) atoms. The molecule has 0 aliphatic rings. The van der Waals surface area contributed by atoms with Crippen LogP contribution < -0.4 is 0 Å². The van der Waals surface area contributed by atoms with Gasteiger partial charge in [-0.05, 0) is 18.6 Å². The van der Waals surface area contributed by atoms with E-state index in [2.05, 4.69) is 0 Å². The van der Waals surface area contributed by atoms with E-state index in [9.17, 15) is 13.2 Å². The minimum absolute atomic E-state index is 0.201. The summed E-state index contributed by atoms with van der Waals surface area (Å²) in [6.07, 6.45) is -3.48. The molecule has 72 valence electrons. The second kappa shape index (κ2) is 7.90. The topological polar surface area (TPSA) is 57.5 Å². The van der Waals surface area contributed by atoms with Crippen LogP contribution in [0, 0.1) is 0 Å². The average Bonchev–Trinajstić information content (AvgIpc) is 1.86. The van der Waals surface area contributed by atoms with Crippen LogP contribution in [-0.4, -0.2) is 29.5 Å². The predicted molar refractivity (Wildman–Crippen MR) is 36.4 cm³/mol. The van der Waals surface area contributed by atoms with Crippen LogP contribution in [0.3, 0.4) is 0 Å². The van der Waals surface area contributed by atoms with Crippen molar-refractivity contribution in [1.82, 2.24) is 0 Å². The smallest absolute Gasteiger partial charge is 0.450 e. The van der Waals surface area contributed by atoms with Crippen molar-refractivity contribution in [3.8, 4) is 0 Å². The number of carboxylic acid groups (broad SMARTS) is 2. The van der Waals surface area contributed by atoms with Crippen molar-refractivity contribution in [3.05, 3.63) is 11.6 Å². The monoisotopic (exact) mass is 186 g/mol. The van der Waals surface area contributed by atoms with Crippen molar-refractivity contribution in [2.45, 2.75) is 13.3 Å². The summed E-state index contributed by atoms with van der Waals surface area (Å²) in [4.78, 5) is 8.56. The number of halogens is 3. The van der Waals surface area contributed by atoms with E-state index in [1.165, 1.54) is 6.92 Å². The summed E-state index contributed by atoms with van der Waals surface area (Å²) in [7, 11) is 0. The molecule has 0 bridgehead atoms. The molecule has 0 aromatic heterocycles. The Balaban J connectivity index is 0. The van der Waals surface area contributed by atoms with E-state index in [1.54, 1.807) is 0 Å². The maximum absolute atomic E-state index is 11.4. The predicted octanol–water partition coefficient (Wildman–Crippen LogP) is 2.39. The van der Waals surface area contributed by atoms with Crippen molar-refractivity contribution in [2.24, 2.45) is 0 Å². The van der Waals surface area contributed by atoms with E-state index >= 15 is 0 Å². The maximum Gasteiger partial charge on any atom is 0.503 e. The number of hydrogen-bond donors (Lipinski definition) is 2. The number of rotatable bonds is 2. The lowest BCUT2D eigenvalue weighted by molar-refractivity contribution is 0.137. The molecule has 0 aromatic rings. The molecule has 0 saturated heterocycles. The molecule has 0 amide bonds. The van der Waals surface area contributed by atoms with Gasteiger partial charge in [0.05, 0.1) is 0 Å². The van der Waals surface area contributed by atoms with Crippen LogP contribution in [0.2, 0.25) is 0 Å². The summed E-state index contributed by atoms with van der Waals surface area (Å²) >= 11 is 0. The minimum atomic E-state index is -2.51. The minimum Gasteiger partial charge on any atom is -0.450 e. The van der Waals surface area contributed by atoms with Crippen LogP contribution in [0.1, 0.15) is 6.92 Å². The van der Waals surface area contributed by atoms with Crippen molar-refractivity contribution in [1.29, 1.82) is 0 Å². The van der Waals surface area contributed by atoms with Gasteiger partial charge < -0.3 is 10.2 Å². The van der Waals surface area contributed by atoms with E-state index in [0.29, 0.717) is 0 Å². The molecule has 0 aliphatic carbocycles. The molecule has 0 aliphatic heterocycles. The van der Waals surface area contributed by atoms with Gasteiger partial charge in [-0.1, -0.05) is 0 Å². The normalized spacial score (nSPS) is 10.6. The lowest BCUT2D eigenvalue weighted by Crippen LogP contribution is -1.91. The summed E-state index contributed by atoms with van der Waals surface area (Å²) in [5.41, 5.74) is -0.201. The molecule has 0 atom stereocenters. The first-order chi connectivity index (χ1) is 5.41. The molecule has 0 radical (unpaired) electrons. The molecule has 0 unspecified atom stereocenters. The zero-order valence-electron chi connectivity index (χ0n) is 6.30. The van der Waals surface area contributed by atoms with E-state index in [-0.39, 0.29) is 5.57 Å². The van der Waals surface area contributed by atoms with Crippen molar-refractivity contribution in [3.63, 3.8) is 0 Å². The first kappa shape index (κ1) is 13.4. The van der Waals surface area contributed by atoms with Crippen LogP contribution in [0.15, 0.2) is 11.6 Å². The zero-order chi connectivity index (χ0) is 10.1. The fourth-order valence-corrected chi connectivity index (χ4v) is 0.211. The summed E-state index contributed by atoms with van der Waals surface area (Å²) < 4.78 is 34.0. The first-order valence-electron chi connectivity index (χ1n) is 2.84. The fourth-order valence-electron chi connectivity index (χ4n) is 0.211. The van der Waals surface area contributed by atoms with E-state index in [4.69, 9.17) is 15.0 Å². The van der Waals surface area contributed by atoms with E-state index < -0.39 is 19.3 Å². The summed E-state index contributed by atoms with van der Waals surface area (Å²) in [6.45, 7) is 0.389. The second-order valence-corrected chi connectivity index (χ2v) is 1.69. The molecule has 3 nitrogen and oxygen atoms in total. The lowest BCUT2D eigenvalue weighted by Gasteiger charge is -1.93. The van der Waals surface area contributed by atoms with Crippen LogP contribution in [-0.2, 0) is 0 Å². The van der Waals surface area contributed by atoms with Gasteiger partial charge in [0.2, 0.25) is 0 Å². The fraction of sp³-hybridized carbons (Fsp3) is 0.500. The second-order valence-electron chi connectivity index (χ2n) is 1.69. The summed E-state index contributed by atoms with van der Waals surface area (Å²) in [5, 5.41) is 13.9. The van der Waals surface area contributed by atoms with Crippen LogP contribution in [0.4, 0.5) is 18.0 Å². The Morgan fingerprint density at radius 3 is 1.92 bits per heavy atom. The van der Waals surface area contributed by atoms with Gasteiger partial charge in [-0.15, -0.1) is 0 Å². The Hall–Kier alpha value is -1.20. The van der Waals surface area contributed by atoms with Gasteiger partial charge in [-0.25, -0.2) is 18.0 Å². The Morgan fingerprint density at radius 2 is 1.83 bits per heavy atom. The molecule has 0 fully saturated rings. The molecule has 0 aromatic carbocycles. The molecule has 0 heterocycles. The standard InChI is InChI=1S/C5H7F3.CH2O3/c1-4(2-3-6)5(7)8;2-1(3)4/h2,5H,3H2,1H3;(H2,2,3,4). The first-order valence-corrected chi connectivity index (χ1v) is 2.84. The number of carbonyl (C=O) groups is 1. The third-order valence-electron chi connectivity index (χ3n) is 0.743. The van der Waals surface area contributed by atoms with Crippen LogP contribution >= 0.6 is 0 Å². The van der Waals surface area contributed by atoms with Gasteiger partial charge in [0.1, 0.15) is 6.67 Å². The Bertz CT molecular complexity index is 152. The third-order valence-corrected chi connectivity index (χ3v) is 0.743. The Kier molecular flexibility index (Phi) is 8.82. The molecular weight excluding hydrogens is 177 g/mol. The van der Waals surface area contributed by atoms with Gasteiger partial charge in [0.25, 0.3) is 6.43 Å². The van der Waals surface area contributed by atoms with Crippen LogP contribution in [0.5, 0.6) is 0 Å². The van der Waals surface area contributed by atoms with Crippen LogP contribution in [0.25, 0.3) is 0 Å². The van der Waals surface area contributed by atoms with Gasteiger partial charge >= 0.3 is 6.16 Å². The number of hydrogen-bond acceptors (Lipinski definition) is 1. The van der Waals surface area contributed by atoms with E-state index in [1.807, 2.05) is 0 Å². The highest BCUT2D eigenvalue weighted by molar-refractivity contribution is 5.53. The van der Waals surface area contributed by atoms with Crippen molar-refractivity contribution < 1.29 is 28.2 Å². The van der Waals surface area contributed by atoms with Crippen molar-refractivity contribution >= 4 is 6.16 Å². The SMILES string of the molecule is CC(=CCF)C(F)F.O=C(O)O. The highest BCUT2D eigenvalue weighted by Gasteiger charge is 2.02. The highest BCUT2D eigenvalue weighted by Crippen LogP contribution is 2.05. The van der Waals surface area contributed by atoms with Crippen molar-refractivity contribution in [2.75, 3.05) is 6.67 Å². The zero-order valence-corrected chi connectivity index (χ0v) is 6.30. The van der Waals surface area contributed by atoms with Gasteiger partial charge in [0.15, 0.2) is 0 Å². The molecule has 0 rings (SSSR count). The summed E-state index contributed by atoms with van der Waals surface area (Å²) in [6, 6.07) is 0. The third kappa shape index (κ3) is 15.9. The summed E-state index contributed by atoms with van der Waals surface area (Å²) in [5.74, 6) is 0. The van der Waals surface area contributed by atoms with Gasteiger partial charge in [-0.2, -0.15) is 0 Å². The largest absolute Gasteiger partial charge is 0.503 e. The average molecular weight is 186 g/mol. The molecule has 6 heteroatoms. The number of allylic oxidation sites excluding steroid dienone is 2. The van der Waals surface area contributed by atoms with Gasteiger partial charge in [-0.3, -0.25) is 0 Å².